The molecule has 1 aliphatic rings. The highest BCUT2D eigenvalue weighted by molar-refractivity contribution is 7.80. The molecule has 1 N–H and O–H groups in total. The lowest BCUT2D eigenvalue weighted by atomic mass is 10.1. The van der Waals surface area contributed by atoms with Crippen LogP contribution in [0.3, 0.4) is 0 Å². The minimum Gasteiger partial charge on any atom is -0.445 e. The van der Waals surface area contributed by atoms with Crippen LogP contribution < -0.4 is 10.2 Å². The van der Waals surface area contributed by atoms with Crippen LogP contribution in [-0.4, -0.2) is 16.9 Å². The summed E-state index contributed by atoms with van der Waals surface area (Å²) in [6.45, 7) is 0. The molecular weight excluding hydrogens is 343 g/mol. The smallest absolute Gasteiger partial charge is 0.270 e. The van der Waals surface area contributed by atoms with E-state index in [1.807, 2.05) is 0 Å². The standard InChI is InChI=1S/C15H8ClFN2O3S/c16-12-5-4-10(22-12)7-11-13(20)18-15(23)19(14(11)21)9-3-1-2-8(17)6-9/h1-7H,(H,18,20,23). The average Bonchev–Trinajstić information content (AvgIpc) is 2.89. The maximum atomic E-state index is 13.4. The van der Waals surface area contributed by atoms with Gasteiger partial charge in [-0.3, -0.25) is 19.8 Å². The molecule has 5 nitrogen and oxygen atoms in total. The first-order valence-corrected chi connectivity index (χ1v) is 7.17. The van der Waals surface area contributed by atoms with Gasteiger partial charge in [-0.2, -0.15) is 0 Å². The van der Waals surface area contributed by atoms with E-state index in [0.29, 0.717) is 0 Å². The third-order valence-electron chi connectivity index (χ3n) is 3.05. The highest BCUT2D eigenvalue weighted by Gasteiger charge is 2.34. The molecule has 1 aliphatic heterocycles. The Kier molecular flexibility index (Phi) is 3.97. The van der Waals surface area contributed by atoms with E-state index in [4.69, 9.17) is 28.2 Å². The van der Waals surface area contributed by atoms with Crippen molar-refractivity contribution in [2.24, 2.45) is 0 Å². The fraction of sp³-hybridized carbons (Fsp3) is 0. The van der Waals surface area contributed by atoms with Crippen LogP contribution in [0.4, 0.5) is 10.1 Å². The molecule has 8 heteroatoms. The normalized spacial score (nSPS) is 16.9. The molecule has 1 fully saturated rings. The van der Waals surface area contributed by atoms with Crippen LogP contribution in [0.5, 0.6) is 0 Å². The fourth-order valence-corrected chi connectivity index (χ4v) is 2.49. The zero-order chi connectivity index (χ0) is 16.6. The first-order chi connectivity index (χ1) is 11.0. The van der Waals surface area contributed by atoms with Crippen LogP contribution in [0.1, 0.15) is 5.76 Å². The van der Waals surface area contributed by atoms with E-state index in [9.17, 15) is 14.0 Å². The van der Waals surface area contributed by atoms with Gasteiger partial charge >= 0.3 is 0 Å². The van der Waals surface area contributed by atoms with Gasteiger partial charge in [0.1, 0.15) is 17.2 Å². The van der Waals surface area contributed by atoms with Crippen LogP contribution in [0.15, 0.2) is 46.4 Å². The Morgan fingerprint density at radius 1 is 1.26 bits per heavy atom. The third kappa shape index (κ3) is 3.01. The lowest BCUT2D eigenvalue weighted by Gasteiger charge is -2.28. The molecule has 2 heterocycles. The molecule has 0 spiro atoms. The summed E-state index contributed by atoms with van der Waals surface area (Å²) in [5.74, 6) is -1.64. The molecule has 116 valence electrons. The Hall–Kier alpha value is -2.51. The number of furan rings is 1. The monoisotopic (exact) mass is 350 g/mol. The SMILES string of the molecule is O=C1NC(=S)N(c2cccc(F)c2)C(=O)C1=Cc1ccc(Cl)o1. The van der Waals surface area contributed by atoms with Crippen molar-refractivity contribution in [3.63, 3.8) is 0 Å². The number of carbonyl (C=O) groups excluding carboxylic acids is 2. The van der Waals surface area contributed by atoms with Crippen LogP contribution in [0, 0.1) is 5.82 Å². The summed E-state index contributed by atoms with van der Waals surface area (Å²) in [7, 11) is 0. The molecule has 2 amide bonds. The lowest BCUT2D eigenvalue weighted by molar-refractivity contribution is -0.122. The molecule has 2 aromatic rings. The molecule has 1 aromatic carbocycles. The Labute approximate surface area is 140 Å². The zero-order valence-corrected chi connectivity index (χ0v) is 13.0. The number of halogens is 2. The first-order valence-electron chi connectivity index (χ1n) is 6.38. The number of benzene rings is 1. The quantitative estimate of drug-likeness (QED) is 0.514. The van der Waals surface area contributed by atoms with Crippen LogP contribution in [0.2, 0.25) is 5.22 Å². The van der Waals surface area contributed by atoms with Crippen molar-refractivity contribution in [3.05, 3.63) is 58.8 Å². The summed E-state index contributed by atoms with van der Waals surface area (Å²) in [4.78, 5) is 25.6. The summed E-state index contributed by atoms with van der Waals surface area (Å²) < 4.78 is 18.5. The van der Waals surface area contributed by atoms with E-state index in [2.05, 4.69) is 5.32 Å². The van der Waals surface area contributed by atoms with E-state index in [1.165, 1.54) is 36.4 Å². The minimum absolute atomic E-state index is 0.123. The van der Waals surface area contributed by atoms with Gasteiger partial charge in [0.25, 0.3) is 11.8 Å². The van der Waals surface area contributed by atoms with Gasteiger partial charge in [-0.15, -0.1) is 0 Å². The van der Waals surface area contributed by atoms with Gasteiger partial charge in [-0.25, -0.2) is 4.39 Å². The maximum Gasteiger partial charge on any atom is 0.270 e. The Morgan fingerprint density at radius 2 is 2.04 bits per heavy atom. The Balaban J connectivity index is 2.02. The number of rotatable bonds is 2. The van der Waals surface area contributed by atoms with Gasteiger partial charge in [0.05, 0.1) is 5.69 Å². The molecule has 0 atom stereocenters. The predicted molar refractivity (Wildman–Crippen MR) is 86.3 cm³/mol. The third-order valence-corrected chi connectivity index (χ3v) is 3.54. The molecule has 1 aromatic heterocycles. The number of anilines is 1. The highest BCUT2D eigenvalue weighted by Crippen LogP contribution is 2.23. The largest absolute Gasteiger partial charge is 0.445 e. The van der Waals surface area contributed by atoms with Crippen LogP contribution in [-0.2, 0) is 9.59 Å². The van der Waals surface area contributed by atoms with Crippen LogP contribution >= 0.6 is 23.8 Å². The maximum absolute atomic E-state index is 13.4. The van der Waals surface area contributed by atoms with Crippen molar-refractivity contribution in [2.75, 3.05) is 4.90 Å². The van der Waals surface area contributed by atoms with Crippen molar-refractivity contribution >= 4 is 52.5 Å². The van der Waals surface area contributed by atoms with Gasteiger partial charge in [-0.05, 0) is 60.2 Å². The van der Waals surface area contributed by atoms with E-state index in [1.54, 1.807) is 0 Å². The van der Waals surface area contributed by atoms with Gasteiger partial charge < -0.3 is 4.42 Å². The van der Waals surface area contributed by atoms with Gasteiger partial charge in [0.15, 0.2) is 10.3 Å². The van der Waals surface area contributed by atoms with Gasteiger partial charge in [0, 0.05) is 0 Å². The molecule has 0 saturated carbocycles. The molecule has 0 radical (unpaired) electrons. The summed E-state index contributed by atoms with van der Waals surface area (Å²) in [6.07, 6.45) is 1.25. The summed E-state index contributed by atoms with van der Waals surface area (Å²) >= 11 is 10.7. The predicted octanol–water partition coefficient (Wildman–Crippen LogP) is 2.90. The number of hydrogen-bond acceptors (Lipinski definition) is 4. The van der Waals surface area contributed by atoms with E-state index in [0.717, 1.165) is 11.0 Å². The lowest BCUT2D eigenvalue weighted by Crippen LogP contribution is -2.54. The second-order valence-corrected chi connectivity index (χ2v) is 5.34. The van der Waals surface area contributed by atoms with Crippen molar-refractivity contribution in [1.29, 1.82) is 0 Å². The molecule has 23 heavy (non-hydrogen) atoms. The minimum atomic E-state index is -0.683. The summed E-state index contributed by atoms with van der Waals surface area (Å²) in [5, 5.41) is 2.39. The summed E-state index contributed by atoms with van der Waals surface area (Å²) in [6, 6.07) is 8.31. The highest BCUT2D eigenvalue weighted by atomic mass is 35.5. The molecule has 0 bridgehead atoms. The van der Waals surface area contributed by atoms with E-state index in [-0.39, 0.29) is 27.4 Å². The Morgan fingerprint density at radius 3 is 2.70 bits per heavy atom. The molecule has 1 saturated heterocycles. The van der Waals surface area contributed by atoms with Crippen molar-refractivity contribution in [1.82, 2.24) is 5.32 Å². The van der Waals surface area contributed by atoms with Crippen molar-refractivity contribution in [3.8, 4) is 0 Å². The zero-order valence-electron chi connectivity index (χ0n) is 11.4. The number of nitrogens with zero attached hydrogens (tertiary/aromatic N) is 1. The Bertz CT molecular complexity index is 862. The first kappa shape index (κ1) is 15.4. The van der Waals surface area contributed by atoms with Gasteiger partial charge in [-0.1, -0.05) is 6.07 Å². The van der Waals surface area contributed by atoms with Crippen molar-refractivity contribution < 1.29 is 18.4 Å². The van der Waals surface area contributed by atoms with E-state index >= 15 is 0 Å². The number of nitrogens with one attached hydrogen (secondary N) is 1. The fourth-order valence-electron chi connectivity index (χ4n) is 2.06. The average molecular weight is 351 g/mol. The number of amides is 2. The molecule has 0 aliphatic carbocycles. The topological polar surface area (TPSA) is 62.6 Å². The molecular formula is C15H8ClFN2O3S. The van der Waals surface area contributed by atoms with E-state index < -0.39 is 17.6 Å². The second kappa shape index (κ2) is 5.94. The van der Waals surface area contributed by atoms with Gasteiger partial charge in [0.2, 0.25) is 0 Å². The number of thiocarbonyl (C=S) groups is 1. The number of hydrogen-bond donors (Lipinski definition) is 1. The molecule has 0 unspecified atom stereocenters. The second-order valence-electron chi connectivity index (χ2n) is 4.58. The summed E-state index contributed by atoms with van der Waals surface area (Å²) in [5.41, 5.74) is 0.0113. The van der Waals surface area contributed by atoms with Crippen molar-refractivity contribution in [2.45, 2.75) is 0 Å². The number of carbonyl (C=O) groups is 2. The molecule has 3 rings (SSSR count). The van der Waals surface area contributed by atoms with Crippen LogP contribution in [0.25, 0.3) is 6.08 Å².